The number of amides is 1. The van der Waals surface area contributed by atoms with Crippen LogP contribution in [0.15, 0.2) is 47.6 Å². The topological polar surface area (TPSA) is 32.7 Å². The Morgan fingerprint density at radius 2 is 1.87 bits per heavy atom. The van der Waals surface area contributed by atoms with E-state index < -0.39 is 0 Å². The largest absolute Gasteiger partial charge is 0.273 e. The smallest absolute Gasteiger partial charge is 0.240 e. The van der Waals surface area contributed by atoms with Gasteiger partial charge in [0.05, 0.1) is 11.8 Å². The molecule has 0 fully saturated rings. The van der Waals surface area contributed by atoms with Gasteiger partial charge in [0.15, 0.2) is 0 Å². The van der Waals surface area contributed by atoms with Crippen molar-refractivity contribution >= 4 is 34.8 Å². The van der Waals surface area contributed by atoms with Gasteiger partial charge in [0.2, 0.25) is 5.91 Å². The molecule has 23 heavy (non-hydrogen) atoms. The third-order valence-electron chi connectivity index (χ3n) is 3.94. The van der Waals surface area contributed by atoms with Crippen LogP contribution in [0, 0.1) is 6.92 Å². The van der Waals surface area contributed by atoms with Crippen molar-refractivity contribution in [2.45, 2.75) is 26.3 Å². The lowest BCUT2D eigenvalue weighted by molar-refractivity contribution is -0.130. The quantitative estimate of drug-likeness (QED) is 0.752. The number of carbonyl (C=O) groups excluding carboxylic acids is 1. The molecule has 0 N–H and O–H groups in total. The van der Waals surface area contributed by atoms with Crippen LogP contribution in [0.5, 0.6) is 0 Å². The number of benzene rings is 2. The average Bonchev–Trinajstić information content (AvgIpc) is 2.93. The third-order valence-corrected chi connectivity index (χ3v) is 4.50. The van der Waals surface area contributed by atoms with Gasteiger partial charge in [0.25, 0.3) is 0 Å². The van der Waals surface area contributed by atoms with Crippen molar-refractivity contribution < 1.29 is 4.79 Å². The number of rotatable bonds is 2. The monoisotopic (exact) mass is 346 g/mol. The average molecular weight is 347 g/mol. The summed E-state index contributed by atoms with van der Waals surface area (Å²) in [5.74, 6) is -0.108. The van der Waals surface area contributed by atoms with Crippen LogP contribution in [0.1, 0.15) is 36.1 Å². The predicted octanol–water partition coefficient (Wildman–Crippen LogP) is 5.00. The summed E-state index contributed by atoms with van der Waals surface area (Å²) in [7, 11) is 0. The minimum atomic E-state index is -0.200. The molecule has 118 valence electrons. The van der Waals surface area contributed by atoms with Gasteiger partial charge in [-0.15, -0.1) is 0 Å². The molecule has 0 radical (unpaired) electrons. The minimum absolute atomic E-state index is 0.108. The van der Waals surface area contributed by atoms with Crippen molar-refractivity contribution in [2.75, 3.05) is 0 Å². The zero-order valence-corrected chi connectivity index (χ0v) is 14.4. The van der Waals surface area contributed by atoms with Crippen LogP contribution >= 0.6 is 23.2 Å². The molecule has 5 heteroatoms. The maximum absolute atomic E-state index is 12.0. The highest BCUT2D eigenvalue weighted by Gasteiger charge is 2.32. The van der Waals surface area contributed by atoms with Crippen molar-refractivity contribution in [1.29, 1.82) is 0 Å². The zero-order valence-electron chi connectivity index (χ0n) is 12.9. The SMILES string of the molecule is CC(=O)N1N=C(c2ccc(C)cc2)C[C@@H]1c1ccc(Cl)cc1Cl. The number of hydrazone groups is 1. The van der Waals surface area contributed by atoms with E-state index in [1.54, 1.807) is 12.1 Å². The molecule has 0 bridgehead atoms. The number of aryl methyl sites for hydroxylation is 1. The van der Waals surface area contributed by atoms with Gasteiger partial charge in [0, 0.05) is 23.4 Å². The van der Waals surface area contributed by atoms with Gasteiger partial charge in [-0.1, -0.05) is 59.1 Å². The first-order valence-corrected chi connectivity index (χ1v) is 8.10. The first kappa shape index (κ1) is 16.0. The van der Waals surface area contributed by atoms with E-state index in [0.29, 0.717) is 16.5 Å². The number of hydrogen-bond acceptors (Lipinski definition) is 2. The summed E-state index contributed by atoms with van der Waals surface area (Å²) in [6.45, 7) is 3.55. The van der Waals surface area contributed by atoms with E-state index in [1.807, 2.05) is 37.3 Å². The molecule has 0 saturated carbocycles. The number of carbonyl (C=O) groups is 1. The Bertz CT molecular complexity index is 784. The molecular weight excluding hydrogens is 331 g/mol. The van der Waals surface area contributed by atoms with Crippen LogP contribution in [-0.4, -0.2) is 16.6 Å². The molecule has 0 aromatic heterocycles. The molecule has 0 aliphatic carbocycles. The van der Waals surface area contributed by atoms with Gasteiger partial charge in [-0.3, -0.25) is 4.79 Å². The summed E-state index contributed by atoms with van der Waals surface area (Å²) >= 11 is 12.3. The van der Waals surface area contributed by atoms with E-state index in [4.69, 9.17) is 23.2 Å². The fourth-order valence-electron chi connectivity index (χ4n) is 2.74. The normalized spacial score (nSPS) is 17.3. The summed E-state index contributed by atoms with van der Waals surface area (Å²) in [5, 5.41) is 7.15. The Labute approximate surface area is 145 Å². The summed E-state index contributed by atoms with van der Waals surface area (Å²) in [5.41, 5.74) is 3.95. The van der Waals surface area contributed by atoms with Gasteiger partial charge < -0.3 is 0 Å². The van der Waals surface area contributed by atoms with Crippen LogP contribution in [-0.2, 0) is 4.79 Å². The van der Waals surface area contributed by atoms with Crippen LogP contribution in [0.4, 0.5) is 0 Å². The lowest BCUT2D eigenvalue weighted by Gasteiger charge is -2.21. The summed E-state index contributed by atoms with van der Waals surface area (Å²) in [6.07, 6.45) is 0.629. The molecule has 0 spiro atoms. The van der Waals surface area contributed by atoms with Gasteiger partial charge in [-0.25, -0.2) is 5.01 Å². The maximum Gasteiger partial charge on any atom is 0.240 e. The van der Waals surface area contributed by atoms with E-state index in [2.05, 4.69) is 5.10 Å². The Morgan fingerprint density at radius 1 is 1.17 bits per heavy atom. The summed E-state index contributed by atoms with van der Waals surface area (Å²) in [6, 6.07) is 13.3. The third kappa shape index (κ3) is 3.26. The summed E-state index contributed by atoms with van der Waals surface area (Å²) < 4.78 is 0. The lowest BCUT2D eigenvalue weighted by Crippen LogP contribution is -2.24. The lowest BCUT2D eigenvalue weighted by atomic mass is 9.98. The molecule has 0 saturated heterocycles. The number of nitrogens with zero attached hydrogens (tertiary/aromatic N) is 2. The minimum Gasteiger partial charge on any atom is -0.273 e. The Hall–Kier alpha value is -1.84. The molecule has 3 nitrogen and oxygen atoms in total. The van der Waals surface area contributed by atoms with Crippen LogP contribution in [0.2, 0.25) is 10.0 Å². The van der Waals surface area contributed by atoms with Crippen molar-refractivity contribution in [2.24, 2.45) is 5.10 Å². The van der Waals surface area contributed by atoms with Crippen molar-refractivity contribution in [3.63, 3.8) is 0 Å². The molecule has 1 aliphatic rings. The molecule has 2 aromatic carbocycles. The standard InChI is InChI=1S/C18H16Cl2N2O/c1-11-3-5-13(6-4-11)17-10-18(22(21-17)12(2)23)15-8-7-14(19)9-16(15)20/h3-9,18H,10H2,1-2H3/t18-/m1/s1. The van der Waals surface area contributed by atoms with E-state index in [0.717, 1.165) is 16.8 Å². The molecule has 3 rings (SSSR count). The molecule has 1 atom stereocenters. The van der Waals surface area contributed by atoms with E-state index >= 15 is 0 Å². The van der Waals surface area contributed by atoms with Crippen molar-refractivity contribution in [1.82, 2.24) is 5.01 Å². The second-order valence-electron chi connectivity index (χ2n) is 5.66. The maximum atomic E-state index is 12.0. The Balaban J connectivity index is 1.97. The van der Waals surface area contributed by atoms with E-state index in [-0.39, 0.29) is 11.9 Å². The fourth-order valence-corrected chi connectivity index (χ4v) is 3.27. The van der Waals surface area contributed by atoms with Crippen molar-refractivity contribution in [3.8, 4) is 0 Å². The van der Waals surface area contributed by atoms with Gasteiger partial charge in [-0.05, 0) is 30.2 Å². The first-order valence-electron chi connectivity index (χ1n) is 7.35. The Kier molecular flexibility index (Phi) is 4.42. The predicted molar refractivity (Wildman–Crippen MR) is 94.1 cm³/mol. The van der Waals surface area contributed by atoms with Crippen LogP contribution < -0.4 is 0 Å². The second kappa shape index (κ2) is 6.34. The van der Waals surface area contributed by atoms with E-state index in [9.17, 15) is 4.79 Å². The molecule has 2 aromatic rings. The number of halogens is 2. The number of hydrogen-bond donors (Lipinski definition) is 0. The molecule has 0 unspecified atom stereocenters. The van der Waals surface area contributed by atoms with Crippen molar-refractivity contribution in [3.05, 3.63) is 69.2 Å². The Morgan fingerprint density at radius 3 is 2.48 bits per heavy atom. The molecular formula is C18H16Cl2N2O. The highest BCUT2D eigenvalue weighted by Crippen LogP contribution is 2.37. The van der Waals surface area contributed by atoms with Gasteiger partial charge in [0.1, 0.15) is 0 Å². The fraction of sp³-hybridized carbons (Fsp3) is 0.222. The molecule has 1 aliphatic heterocycles. The molecule has 1 amide bonds. The highest BCUT2D eigenvalue weighted by atomic mass is 35.5. The zero-order chi connectivity index (χ0) is 16.6. The molecule has 1 heterocycles. The van der Waals surface area contributed by atoms with Gasteiger partial charge >= 0.3 is 0 Å². The van der Waals surface area contributed by atoms with Crippen LogP contribution in [0.25, 0.3) is 0 Å². The summed E-state index contributed by atoms with van der Waals surface area (Å²) in [4.78, 5) is 12.0. The van der Waals surface area contributed by atoms with Gasteiger partial charge in [-0.2, -0.15) is 5.10 Å². The second-order valence-corrected chi connectivity index (χ2v) is 6.51. The van der Waals surface area contributed by atoms with E-state index in [1.165, 1.54) is 17.5 Å². The first-order chi connectivity index (χ1) is 11.0. The highest BCUT2D eigenvalue weighted by molar-refractivity contribution is 6.35. The van der Waals surface area contributed by atoms with Crippen LogP contribution in [0.3, 0.4) is 0 Å².